The molecule has 0 aromatic carbocycles. The third-order valence-electron chi connectivity index (χ3n) is 1.94. The summed E-state index contributed by atoms with van der Waals surface area (Å²) in [6.45, 7) is 5.91. The fourth-order valence-electron chi connectivity index (χ4n) is 1.16. The molecule has 5 heteroatoms. The zero-order chi connectivity index (χ0) is 12.7. The van der Waals surface area contributed by atoms with Crippen LogP contribution in [0.25, 0.3) is 0 Å². The Balaban J connectivity index is 2.32. The van der Waals surface area contributed by atoms with Crippen molar-refractivity contribution < 1.29 is 9.47 Å². The average Bonchev–Trinajstić information content (AvgIpc) is 2.30. The van der Waals surface area contributed by atoms with Gasteiger partial charge in [-0.2, -0.15) is 0 Å². The highest BCUT2D eigenvalue weighted by Gasteiger charge is 2.04. The summed E-state index contributed by atoms with van der Waals surface area (Å²) >= 11 is 11.7. The molecule has 0 unspecified atom stereocenters. The Morgan fingerprint density at radius 1 is 1.35 bits per heavy atom. The highest BCUT2D eigenvalue weighted by molar-refractivity contribution is 6.32. The number of nitrogens with zero attached hydrogens (tertiary/aromatic N) is 1. The minimum atomic E-state index is 0.393. The van der Waals surface area contributed by atoms with Gasteiger partial charge < -0.3 is 9.47 Å². The number of pyridine rings is 1. The SMILES string of the molecule is CC(C)COCCOc1ncc(CCl)cc1Cl. The summed E-state index contributed by atoms with van der Waals surface area (Å²) < 4.78 is 10.8. The van der Waals surface area contributed by atoms with Gasteiger partial charge in [0.2, 0.25) is 5.88 Å². The minimum absolute atomic E-state index is 0.393. The molecule has 0 bridgehead atoms. The molecule has 0 fully saturated rings. The first-order valence-electron chi connectivity index (χ1n) is 5.54. The molecule has 0 spiro atoms. The van der Waals surface area contributed by atoms with Gasteiger partial charge in [0.05, 0.1) is 6.61 Å². The van der Waals surface area contributed by atoms with Crippen LogP contribution < -0.4 is 4.74 Å². The Morgan fingerprint density at radius 2 is 2.12 bits per heavy atom. The number of alkyl halides is 1. The first-order valence-corrected chi connectivity index (χ1v) is 6.45. The molecule has 17 heavy (non-hydrogen) atoms. The Labute approximate surface area is 112 Å². The monoisotopic (exact) mass is 277 g/mol. The largest absolute Gasteiger partial charge is 0.474 e. The Kier molecular flexibility index (Phi) is 6.63. The number of halogens is 2. The molecule has 1 rings (SSSR count). The van der Waals surface area contributed by atoms with Crippen LogP contribution in [-0.2, 0) is 10.6 Å². The van der Waals surface area contributed by atoms with E-state index in [2.05, 4.69) is 18.8 Å². The molecule has 1 heterocycles. The quantitative estimate of drug-likeness (QED) is 0.565. The normalized spacial score (nSPS) is 10.9. The fraction of sp³-hybridized carbons (Fsp3) is 0.583. The predicted octanol–water partition coefficient (Wildman–Crippen LogP) is 3.53. The first-order chi connectivity index (χ1) is 8.13. The van der Waals surface area contributed by atoms with Gasteiger partial charge in [-0.15, -0.1) is 11.6 Å². The van der Waals surface area contributed by atoms with E-state index in [-0.39, 0.29) is 0 Å². The van der Waals surface area contributed by atoms with Crippen LogP contribution in [0.1, 0.15) is 19.4 Å². The fourth-order valence-corrected chi connectivity index (χ4v) is 1.55. The molecule has 0 saturated heterocycles. The lowest BCUT2D eigenvalue weighted by Gasteiger charge is -2.09. The molecule has 1 aromatic heterocycles. The molecular weight excluding hydrogens is 261 g/mol. The molecule has 3 nitrogen and oxygen atoms in total. The van der Waals surface area contributed by atoms with Gasteiger partial charge in [-0.05, 0) is 17.5 Å². The van der Waals surface area contributed by atoms with Crippen molar-refractivity contribution in [3.63, 3.8) is 0 Å². The van der Waals surface area contributed by atoms with Crippen LogP contribution in [-0.4, -0.2) is 24.8 Å². The van der Waals surface area contributed by atoms with Gasteiger partial charge in [-0.25, -0.2) is 4.98 Å². The summed E-state index contributed by atoms with van der Waals surface area (Å²) in [5.41, 5.74) is 0.875. The van der Waals surface area contributed by atoms with Crippen molar-refractivity contribution in [2.75, 3.05) is 19.8 Å². The molecular formula is C12H17Cl2NO2. The van der Waals surface area contributed by atoms with E-state index in [0.717, 1.165) is 12.2 Å². The first kappa shape index (κ1) is 14.6. The predicted molar refractivity (Wildman–Crippen MR) is 70.0 cm³/mol. The van der Waals surface area contributed by atoms with Crippen LogP contribution >= 0.6 is 23.2 Å². The van der Waals surface area contributed by atoms with Gasteiger partial charge in [0.1, 0.15) is 11.6 Å². The lowest BCUT2D eigenvalue weighted by atomic mass is 10.2. The standard InChI is InChI=1S/C12H17Cl2NO2/c1-9(2)8-16-3-4-17-12-11(14)5-10(6-13)7-15-12/h5,7,9H,3-4,6,8H2,1-2H3. The van der Waals surface area contributed by atoms with E-state index in [1.54, 1.807) is 12.3 Å². The van der Waals surface area contributed by atoms with E-state index in [0.29, 0.717) is 35.9 Å². The van der Waals surface area contributed by atoms with E-state index in [1.165, 1.54) is 0 Å². The van der Waals surface area contributed by atoms with Crippen molar-refractivity contribution in [1.29, 1.82) is 0 Å². The van der Waals surface area contributed by atoms with Gasteiger partial charge in [0.15, 0.2) is 0 Å². The molecule has 0 aliphatic rings. The minimum Gasteiger partial charge on any atom is -0.474 e. The second-order valence-corrected chi connectivity index (χ2v) is 4.76. The molecule has 96 valence electrons. The maximum Gasteiger partial charge on any atom is 0.232 e. The van der Waals surface area contributed by atoms with Crippen LogP contribution in [0, 0.1) is 5.92 Å². The van der Waals surface area contributed by atoms with Crippen molar-refractivity contribution >= 4 is 23.2 Å². The highest BCUT2D eigenvalue weighted by atomic mass is 35.5. The number of hydrogen-bond acceptors (Lipinski definition) is 3. The van der Waals surface area contributed by atoms with Crippen molar-refractivity contribution in [3.8, 4) is 5.88 Å². The maximum absolute atomic E-state index is 5.98. The Bertz CT molecular complexity index is 345. The van der Waals surface area contributed by atoms with Crippen molar-refractivity contribution in [1.82, 2.24) is 4.98 Å². The van der Waals surface area contributed by atoms with Crippen LogP contribution in [0.3, 0.4) is 0 Å². The summed E-state index contributed by atoms with van der Waals surface area (Å²) in [6, 6.07) is 1.76. The summed E-state index contributed by atoms with van der Waals surface area (Å²) in [4.78, 5) is 4.09. The van der Waals surface area contributed by atoms with Crippen LogP contribution in [0.2, 0.25) is 5.02 Å². The number of aromatic nitrogens is 1. The molecule has 0 N–H and O–H groups in total. The molecule has 0 atom stereocenters. The zero-order valence-corrected chi connectivity index (χ0v) is 11.6. The van der Waals surface area contributed by atoms with Crippen molar-refractivity contribution in [2.24, 2.45) is 5.92 Å². The molecule has 0 aliphatic heterocycles. The second-order valence-electron chi connectivity index (χ2n) is 4.08. The second kappa shape index (κ2) is 7.75. The molecule has 0 radical (unpaired) electrons. The average molecular weight is 278 g/mol. The van der Waals surface area contributed by atoms with Gasteiger partial charge >= 0.3 is 0 Å². The molecule has 1 aromatic rings. The van der Waals surface area contributed by atoms with Gasteiger partial charge in [-0.1, -0.05) is 25.4 Å². The van der Waals surface area contributed by atoms with Gasteiger partial charge in [0.25, 0.3) is 0 Å². The smallest absolute Gasteiger partial charge is 0.232 e. The Morgan fingerprint density at radius 3 is 2.71 bits per heavy atom. The number of rotatable bonds is 7. The molecule has 0 amide bonds. The summed E-state index contributed by atoms with van der Waals surface area (Å²) in [5.74, 6) is 1.35. The van der Waals surface area contributed by atoms with Crippen LogP contribution in [0.15, 0.2) is 12.3 Å². The zero-order valence-electron chi connectivity index (χ0n) is 10.1. The van der Waals surface area contributed by atoms with E-state index in [9.17, 15) is 0 Å². The van der Waals surface area contributed by atoms with Gasteiger partial charge in [-0.3, -0.25) is 0 Å². The van der Waals surface area contributed by atoms with Gasteiger partial charge in [0, 0.05) is 18.7 Å². The summed E-state index contributed by atoms with van der Waals surface area (Å²) in [6.07, 6.45) is 1.66. The highest BCUT2D eigenvalue weighted by Crippen LogP contribution is 2.22. The Hall–Kier alpha value is -0.510. The van der Waals surface area contributed by atoms with E-state index in [1.807, 2.05) is 0 Å². The van der Waals surface area contributed by atoms with Crippen molar-refractivity contribution in [2.45, 2.75) is 19.7 Å². The van der Waals surface area contributed by atoms with E-state index >= 15 is 0 Å². The third-order valence-corrected chi connectivity index (χ3v) is 2.52. The van der Waals surface area contributed by atoms with Crippen LogP contribution in [0.5, 0.6) is 5.88 Å². The van der Waals surface area contributed by atoms with E-state index in [4.69, 9.17) is 32.7 Å². The third kappa shape index (κ3) is 5.57. The maximum atomic E-state index is 5.98. The molecule has 0 saturated carbocycles. The summed E-state index contributed by atoms with van der Waals surface area (Å²) in [7, 11) is 0. The topological polar surface area (TPSA) is 31.4 Å². The molecule has 0 aliphatic carbocycles. The van der Waals surface area contributed by atoms with Crippen molar-refractivity contribution in [3.05, 3.63) is 22.8 Å². The lowest BCUT2D eigenvalue weighted by molar-refractivity contribution is 0.0806. The lowest BCUT2D eigenvalue weighted by Crippen LogP contribution is -2.11. The van der Waals surface area contributed by atoms with E-state index < -0.39 is 0 Å². The number of hydrogen-bond donors (Lipinski definition) is 0. The van der Waals surface area contributed by atoms with Crippen LogP contribution in [0.4, 0.5) is 0 Å². The summed E-state index contributed by atoms with van der Waals surface area (Å²) in [5, 5.41) is 0.479. The number of ether oxygens (including phenoxy) is 2.